The van der Waals surface area contributed by atoms with Gasteiger partial charge in [-0.2, -0.15) is 5.10 Å². The molecule has 0 saturated carbocycles. The van der Waals surface area contributed by atoms with E-state index >= 15 is 0 Å². The fourth-order valence-electron chi connectivity index (χ4n) is 2.50. The number of aryl methyl sites for hydroxylation is 1. The van der Waals surface area contributed by atoms with Crippen molar-refractivity contribution in [2.45, 2.75) is 26.9 Å². The molecule has 0 aromatic heterocycles. The molecule has 0 spiro atoms. The average molecular weight is 324 g/mol. The molecule has 5 nitrogen and oxygen atoms in total. The molecule has 124 valence electrons. The van der Waals surface area contributed by atoms with Gasteiger partial charge in [0.05, 0.1) is 6.21 Å². The van der Waals surface area contributed by atoms with Gasteiger partial charge < -0.3 is 9.47 Å². The Hall–Kier alpha value is -2.82. The van der Waals surface area contributed by atoms with Crippen molar-refractivity contribution in [2.24, 2.45) is 5.10 Å². The number of ether oxygens (including phenoxy) is 2. The molecule has 0 bridgehead atoms. The standard InChI is InChI=1S/C19H20N2O3/c1-12-8-9-15(14(3)13(12)2)10-20-21-19(22)18-11-23-16-6-4-5-7-17(16)24-18/h4-10,18H,11H2,1-3H3,(H,21,22)/b20-10-/t18-/m0/s1. The predicted molar refractivity (Wildman–Crippen MR) is 92.7 cm³/mol. The fraction of sp³-hybridized carbons (Fsp3) is 0.263. The maximum absolute atomic E-state index is 12.2. The van der Waals surface area contributed by atoms with E-state index in [0.29, 0.717) is 11.5 Å². The highest BCUT2D eigenvalue weighted by Gasteiger charge is 2.26. The number of rotatable bonds is 3. The van der Waals surface area contributed by atoms with E-state index in [0.717, 1.165) is 11.1 Å². The van der Waals surface area contributed by atoms with Crippen LogP contribution in [0.5, 0.6) is 11.5 Å². The van der Waals surface area contributed by atoms with Crippen LogP contribution >= 0.6 is 0 Å². The molecule has 0 aliphatic carbocycles. The van der Waals surface area contributed by atoms with E-state index in [-0.39, 0.29) is 12.5 Å². The smallest absolute Gasteiger partial charge is 0.284 e. The van der Waals surface area contributed by atoms with E-state index in [1.807, 2.05) is 37.3 Å². The second-order valence-corrected chi connectivity index (χ2v) is 5.82. The lowest BCUT2D eigenvalue weighted by molar-refractivity contribution is -0.130. The van der Waals surface area contributed by atoms with E-state index in [1.165, 1.54) is 11.1 Å². The molecular weight excluding hydrogens is 304 g/mol. The molecule has 2 aromatic rings. The van der Waals surface area contributed by atoms with Crippen molar-refractivity contribution >= 4 is 12.1 Å². The lowest BCUT2D eigenvalue weighted by Gasteiger charge is -2.24. The van der Waals surface area contributed by atoms with E-state index in [2.05, 4.69) is 24.4 Å². The molecule has 1 heterocycles. The number of nitrogens with one attached hydrogen (secondary N) is 1. The predicted octanol–water partition coefficient (Wildman–Crippen LogP) is 2.90. The second kappa shape index (κ2) is 6.74. The Kier molecular flexibility index (Phi) is 4.51. The van der Waals surface area contributed by atoms with Gasteiger partial charge in [-0.3, -0.25) is 4.79 Å². The van der Waals surface area contributed by atoms with E-state index in [1.54, 1.807) is 12.3 Å². The molecule has 0 unspecified atom stereocenters. The van der Waals surface area contributed by atoms with E-state index in [9.17, 15) is 4.79 Å². The lowest BCUT2D eigenvalue weighted by atomic mass is 10.00. The number of carbonyl (C=O) groups is 1. The maximum atomic E-state index is 12.2. The summed E-state index contributed by atoms with van der Waals surface area (Å²) in [6, 6.07) is 11.3. The van der Waals surface area contributed by atoms with Crippen molar-refractivity contribution < 1.29 is 14.3 Å². The summed E-state index contributed by atoms with van der Waals surface area (Å²) < 4.78 is 11.2. The summed E-state index contributed by atoms with van der Waals surface area (Å²) >= 11 is 0. The van der Waals surface area contributed by atoms with Crippen LogP contribution in [0.2, 0.25) is 0 Å². The molecule has 24 heavy (non-hydrogen) atoms. The average Bonchev–Trinajstić information content (AvgIpc) is 2.61. The fourth-order valence-corrected chi connectivity index (χ4v) is 2.50. The summed E-state index contributed by atoms with van der Waals surface area (Å²) in [6.45, 7) is 6.36. The molecule has 1 aliphatic rings. The number of hydrogen-bond acceptors (Lipinski definition) is 4. The number of hydrazone groups is 1. The quantitative estimate of drug-likeness (QED) is 0.697. The van der Waals surface area contributed by atoms with Crippen LogP contribution in [-0.4, -0.2) is 24.8 Å². The SMILES string of the molecule is Cc1ccc(/C=N\NC(=O)[C@@H]2COc3ccccc3O2)c(C)c1C. The van der Waals surface area contributed by atoms with Crippen molar-refractivity contribution in [1.29, 1.82) is 0 Å². The zero-order valence-electron chi connectivity index (χ0n) is 14.0. The van der Waals surface area contributed by atoms with Gasteiger partial charge in [-0.15, -0.1) is 0 Å². The van der Waals surface area contributed by atoms with Crippen molar-refractivity contribution in [3.05, 3.63) is 58.7 Å². The van der Waals surface area contributed by atoms with Gasteiger partial charge >= 0.3 is 0 Å². The molecule has 1 atom stereocenters. The Morgan fingerprint density at radius 1 is 1.12 bits per heavy atom. The monoisotopic (exact) mass is 324 g/mol. The number of nitrogens with zero attached hydrogens (tertiary/aromatic N) is 1. The first-order chi connectivity index (χ1) is 11.6. The third-order valence-electron chi connectivity index (χ3n) is 4.28. The second-order valence-electron chi connectivity index (χ2n) is 5.82. The largest absolute Gasteiger partial charge is 0.485 e. The topological polar surface area (TPSA) is 59.9 Å². The zero-order valence-corrected chi connectivity index (χ0v) is 14.0. The third-order valence-corrected chi connectivity index (χ3v) is 4.28. The molecule has 1 N–H and O–H groups in total. The summed E-state index contributed by atoms with van der Waals surface area (Å²) in [5.74, 6) is 0.885. The summed E-state index contributed by atoms with van der Waals surface area (Å²) in [7, 11) is 0. The minimum absolute atomic E-state index is 0.168. The molecule has 1 amide bonds. The van der Waals surface area contributed by atoms with Gasteiger partial charge in [-0.05, 0) is 55.2 Å². The zero-order chi connectivity index (χ0) is 17.1. The number of amides is 1. The van der Waals surface area contributed by atoms with Crippen LogP contribution in [-0.2, 0) is 4.79 Å². The van der Waals surface area contributed by atoms with Crippen LogP contribution in [0.15, 0.2) is 41.5 Å². The third kappa shape index (κ3) is 3.25. The highest BCUT2D eigenvalue weighted by atomic mass is 16.6. The van der Waals surface area contributed by atoms with Crippen LogP contribution in [0.4, 0.5) is 0 Å². The number of fused-ring (bicyclic) bond motifs is 1. The Morgan fingerprint density at radius 2 is 1.88 bits per heavy atom. The van der Waals surface area contributed by atoms with Crippen LogP contribution in [0.1, 0.15) is 22.3 Å². The minimum atomic E-state index is -0.710. The summed E-state index contributed by atoms with van der Waals surface area (Å²) in [6.07, 6.45) is 0.940. The van der Waals surface area contributed by atoms with Crippen LogP contribution < -0.4 is 14.9 Å². The van der Waals surface area contributed by atoms with Gasteiger partial charge in [0.25, 0.3) is 5.91 Å². The summed E-state index contributed by atoms with van der Waals surface area (Å²) in [5.41, 5.74) is 7.11. The van der Waals surface area contributed by atoms with Gasteiger partial charge in [-0.25, -0.2) is 5.43 Å². The molecule has 5 heteroatoms. The molecule has 0 fully saturated rings. The lowest BCUT2D eigenvalue weighted by Crippen LogP contribution is -2.42. The normalized spacial score (nSPS) is 16.2. The van der Waals surface area contributed by atoms with Gasteiger partial charge in [0.1, 0.15) is 6.61 Å². The van der Waals surface area contributed by atoms with Crippen molar-refractivity contribution in [2.75, 3.05) is 6.61 Å². The van der Waals surface area contributed by atoms with Crippen LogP contribution in [0, 0.1) is 20.8 Å². The maximum Gasteiger partial charge on any atom is 0.284 e. The first-order valence-corrected chi connectivity index (χ1v) is 7.84. The van der Waals surface area contributed by atoms with Gasteiger partial charge in [0, 0.05) is 0 Å². The molecule has 3 rings (SSSR count). The molecule has 0 saturated heterocycles. The van der Waals surface area contributed by atoms with Gasteiger partial charge in [-0.1, -0.05) is 24.3 Å². The Morgan fingerprint density at radius 3 is 2.67 bits per heavy atom. The first kappa shape index (κ1) is 16.1. The number of carbonyl (C=O) groups excluding carboxylic acids is 1. The van der Waals surface area contributed by atoms with Crippen molar-refractivity contribution in [3.8, 4) is 11.5 Å². The molecule has 1 aliphatic heterocycles. The van der Waals surface area contributed by atoms with Crippen LogP contribution in [0.3, 0.4) is 0 Å². The Balaban J connectivity index is 1.63. The van der Waals surface area contributed by atoms with Gasteiger partial charge in [0.15, 0.2) is 11.5 Å². The highest BCUT2D eigenvalue weighted by Crippen LogP contribution is 2.30. The van der Waals surface area contributed by atoms with Crippen molar-refractivity contribution in [1.82, 2.24) is 5.43 Å². The highest BCUT2D eigenvalue weighted by molar-refractivity contribution is 5.86. The van der Waals surface area contributed by atoms with Gasteiger partial charge in [0.2, 0.25) is 6.10 Å². The Bertz CT molecular complexity index is 799. The number of para-hydroxylation sites is 2. The number of hydrogen-bond donors (Lipinski definition) is 1. The molecular formula is C19H20N2O3. The summed E-state index contributed by atoms with van der Waals surface area (Å²) in [4.78, 5) is 12.2. The summed E-state index contributed by atoms with van der Waals surface area (Å²) in [5, 5.41) is 4.04. The minimum Gasteiger partial charge on any atom is -0.485 e. The van der Waals surface area contributed by atoms with E-state index in [4.69, 9.17) is 9.47 Å². The molecule has 0 radical (unpaired) electrons. The van der Waals surface area contributed by atoms with Crippen molar-refractivity contribution in [3.63, 3.8) is 0 Å². The first-order valence-electron chi connectivity index (χ1n) is 7.84. The van der Waals surface area contributed by atoms with E-state index < -0.39 is 6.10 Å². The number of benzene rings is 2. The Labute approximate surface area is 141 Å². The molecule has 2 aromatic carbocycles. The van der Waals surface area contributed by atoms with Crippen LogP contribution in [0.25, 0.3) is 0 Å².